The maximum atomic E-state index is 11.6. The predicted octanol–water partition coefficient (Wildman–Crippen LogP) is 4.11. The van der Waals surface area contributed by atoms with Crippen LogP contribution in [-0.2, 0) is 11.2 Å². The van der Waals surface area contributed by atoms with Crippen LogP contribution in [0.5, 0.6) is 0 Å². The quantitative estimate of drug-likeness (QED) is 0.846. The van der Waals surface area contributed by atoms with Crippen molar-refractivity contribution in [3.63, 3.8) is 0 Å². The number of thiazole rings is 1. The van der Waals surface area contributed by atoms with Gasteiger partial charge in [0, 0.05) is 42.8 Å². The first kappa shape index (κ1) is 15.5. The molecule has 0 N–H and O–H groups in total. The SMILES string of the molecule is CC(=O)N1CCC[C@H](c2nc(Cc3ccccc3Cl)cs2)C1. The standard InChI is InChI=1S/C17H19ClN2OS/c1-12(21)20-8-4-6-14(10-20)17-19-15(11-22-17)9-13-5-2-3-7-16(13)18/h2-3,5,7,11,14H,4,6,8-10H2,1H3/t14-/m0/s1. The highest BCUT2D eigenvalue weighted by molar-refractivity contribution is 7.09. The second-order valence-electron chi connectivity index (χ2n) is 5.75. The molecule has 0 unspecified atom stereocenters. The average molecular weight is 335 g/mol. The summed E-state index contributed by atoms with van der Waals surface area (Å²) in [6.45, 7) is 3.32. The lowest BCUT2D eigenvalue weighted by atomic mass is 9.98. The number of hydrogen-bond acceptors (Lipinski definition) is 3. The molecular formula is C17H19ClN2OS. The molecule has 0 aliphatic carbocycles. The Kier molecular flexibility index (Phi) is 4.79. The summed E-state index contributed by atoms with van der Waals surface area (Å²) in [5.41, 5.74) is 2.17. The van der Waals surface area contributed by atoms with Crippen molar-refractivity contribution in [3.05, 3.63) is 50.9 Å². The van der Waals surface area contributed by atoms with Crippen LogP contribution in [0.3, 0.4) is 0 Å². The van der Waals surface area contributed by atoms with Gasteiger partial charge in [-0.3, -0.25) is 4.79 Å². The van der Waals surface area contributed by atoms with Gasteiger partial charge in [-0.1, -0.05) is 29.8 Å². The molecule has 1 amide bonds. The molecule has 0 spiro atoms. The maximum Gasteiger partial charge on any atom is 0.219 e. The van der Waals surface area contributed by atoms with Crippen molar-refractivity contribution in [2.45, 2.75) is 32.1 Å². The van der Waals surface area contributed by atoms with Crippen molar-refractivity contribution < 1.29 is 4.79 Å². The zero-order valence-electron chi connectivity index (χ0n) is 12.6. The third-order valence-corrected chi connectivity index (χ3v) is 5.54. The van der Waals surface area contributed by atoms with Crippen molar-refractivity contribution >= 4 is 28.8 Å². The second-order valence-corrected chi connectivity index (χ2v) is 7.05. The van der Waals surface area contributed by atoms with Gasteiger partial charge in [-0.25, -0.2) is 4.98 Å². The fraction of sp³-hybridized carbons (Fsp3) is 0.412. The maximum absolute atomic E-state index is 11.6. The Balaban J connectivity index is 1.71. The second kappa shape index (κ2) is 6.80. The number of benzene rings is 1. The first-order valence-corrected chi connectivity index (χ1v) is 8.82. The van der Waals surface area contributed by atoms with Gasteiger partial charge in [0.25, 0.3) is 0 Å². The van der Waals surface area contributed by atoms with Crippen LogP contribution in [0.2, 0.25) is 5.02 Å². The smallest absolute Gasteiger partial charge is 0.219 e. The van der Waals surface area contributed by atoms with E-state index in [2.05, 4.69) is 5.38 Å². The van der Waals surface area contributed by atoms with E-state index >= 15 is 0 Å². The molecule has 1 fully saturated rings. The zero-order valence-corrected chi connectivity index (χ0v) is 14.2. The lowest BCUT2D eigenvalue weighted by Crippen LogP contribution is -2.37. The summed E-state index contributed by atoms with van der Waals surface area (Å²) >= 11 is 7.92. The molecule has 3 rings (SSSR count). The largest absolute Gasteiger partial charge is 0.342 e. The Morgan fingerprint density at radius 3 is 3.05 bits per heavy atom. The third kappa shape index (κ3) is 3.50. The minimum Gasteiger partial charge on any atom is -0.342 e. The van der Waals surface area contributed by atoms with E-state index in [0.29, 0.717) is 5.92 Å². The number of carbonyl (C=O) groups is 1. The molecule has 116 valence electrons. The molecule has 1 aromatic heterocycles. The highest BCUT2D eigenvalue weighted by Gasteiger charge is 2.25. The van der Waals surface area contributed by atoms with Crippen molar-refractivity contribution in [2.75, 3.05) is 13.1 Å². The van der Waals surface area contributed by atoms with Crippen LogP contribution in [-0.4, -0.2) is 28.9 Å². The molecule has 2 heterocycles. The molecule has 0 bridgehead atoms. The summed E-state index contributed by atoms with van der Waals surface area (Å²) in [6, 6.07) is 7.90. The minimum absolute atomic E-state index is 0.164. The van der Waals surface area contributed by atoms with Gasteiger partial charge in [0.2, 0.25) is 5.91 Å². The zero-order chi connectivity index (χ0) is 15.5. The van der Waals surface area contributed by atoms with Gasteiger partial charge in [-0.05, 0) is 24.5 Å². The van der Waals surface area contributed by atoms with Crippen LogP contribution in [0.25, 0.3) is 0 Å². The number of halogens is 1. The van der Waals surface area contributed by atoms with E-state index in [1.807, 2.05) is 29.2 Å². The Labute approximate surface area is 139 Å². The first-order valence-electron chi connectivity index (χ1n) is 7.56. The number of aromatic nitrogens is 1. The first-order chi connectivity index (χ1) is 10.6. The minimum atomic E-state index is 0.164. The highest BCUT2D eigenvalue weighted by atomic mass is 35.5. The predicted molar refractivity (Wildman–Crippen MR) is 90.6 cm³/mol. The normalized spacial score (nSPS) is 18.5. The fourth-order valence-corrected chi connectivity index (χ4v) is 4.04. The lowest BCUT2D eigenvalue weighted by Gasteiger charge is -2.30. The van der Waals surface area contributed by atoms with Gasteiger partial charge in [0.05, 0.1) is 10.7 Å². The molecular weight excluding hydrogens is 316 g/mol. The summed E-state index contributed by atoms with van der Waals surface area (Å²) < 4.78 is 0. The summed E-state index contributed by atoms with van der Waals surface area (Å²) in [7, 11) is 0. The van der Waals surface area contributed by atoms with Crippen LogP contribution in [0.1, 0.15) is 41.9 Å². The summed E-state index contributed by atoms with van der Waals surface area (Å²) in [5.74, 6) is 0.542. The van der Waals surface area contributed by atoms with E-state index in [0.717, 1.165) is 53.6 Å². The van der Waals surface area contributed by atoms with Gasteiger partial charge in [0.15, 0.2) is 0 Å². The van der Waals surface area contributed by atoms with E-state index in [9.17, 15) is 4.79 Å². The van der Waals surface area contributed by atoms with E-state index in [1.165, 1.54) is 0 Å². The summed E-state index contributed by atoms with van der Waals surface area (Å²) in [4.78, 5) is 18.3. The molecule has 22 heavy (non-hydrogen) atoms. The van der Waals surface area contributed by atoms with E-state index in [4.69, 9.17) is 16.6 Å². The monoisotopic (exact) mass is 334 g/mol. The number of nitrogens with zero attached hydrogens (tertiary/aromatic N) is 2. The van der Waals surface area contributed by atoms with Crippen molar-refractivity contribution in [2.24, 2.45) is 0 Å². The van der Waals surface area contributed by atoms with Crippen molar-refractivity contribution in [1.29, 1.82) is 0 Å². The van der Waals surface area contributed by atoms with Gasteiger partial charge in [-0.2, -0.15) is 0 Å². The Morgan fingerprint density at radius 2 is 2.27 bits per heavy atom. The number of rotatable bonds is 3. The van der Waals surface area contributed by atoms with Crippen LogP contribution < -0.4 is 0 Å². The van der Waals surface area contributed by atoms with Crippen LogP contribution in [0, 0.1) is 0 Å². The Morgan fingerprint density at radius 1 is 1.45 bits per heavy atom. The highest BCUT2D eigenvalue weighted by Crippen LogP contribution is 2.30. The van der Waals surface area contributed by atoms with Crippen LogP contribution in [0.15, 0.2) is 29.6 Å². The number of likely N-dealkylation sites (tertiary alicyclic amines) is 1. The molecule has 3 nitrogen and oxygen atoms in total. The van der Waals surface area contributed by atoms with Crippen LogP contribution in [0.4, 0.5) is 0 Å². The molecule has 1 aromatic carbocycles. The average Bonchev–Trinajstić information content (AvgIpc) is 2.98. The van der Waals surface area contributed by atoms with Gasteiger partial charge in [0.1, 0.15) is 0 Å². The summed E-state index contributed by atoms with van der Waals surface area (Å²) in [5, 5.41) is 4.05. The van der Waals surface area contributed by atoms with Gasteiger partial charge < -0.3 is 4.90 Å². The molecule has 5 heteroatoms. The number of amides is 1. The van der Waals surface area contributed by atoms with Crippen molar-refractivity contribution in [3.8, 4) is 0 Å². The number of hydrogen-bond donors (Lipinski definition) is 0. The third-order valence-electron chi connectivity index (χ3n) is 4.11. The molecule has 1 aliphatic rings. The van der Waals surface area contributed by atoms with E-state index < -0.39 is 0 Å². The fourth-order valence-electron chi connectivity index (χ4n) is 2.89. The molecule has 1 atom stereocenters. The van der Waals surface area contributed by atoms with E-state index in [-0.39, 0.29) is 5.91 Å². The van der Waals surface area contributed by atoms with Gasteiger partial charge in [-0.15, -0.1) is 11.3 Å². The molecule has 0 saturated carbocycles. The van der Waals surface area contributed by atoms with Gasteiger partial charge >= 0.3 is 0 Å². The Hall–Kier alpha value is -1.39. The topological polar surface area (TPSA) is 33.2 Å². The van der Waals surface area contributed by atoms with Crippen molar-refractivity contribution in [1.82, 2.24) is 9.88 Å². The lowest BCUT2D eigenvalue weighted by molar-refractivity contribution is -0.130. The number of carbonyl (C=O) groups excluding carboxylic acids is 1. The molecule has 0 radical (unpaired) electrons. The van der Waals surface area contributed by atoms with Crippen LogP contribution >= 0.6 is 22.9 Å². The molecule has 2 aromatic rings. The number of piperidine rings is 1. The summed E-state index contributed by atoms with van der Waals surface area (Å²) in [6.07, 6.45) is 2.94. The van der Waals surface area contributed by atoms with E-state index in [1.54, 1.807) is 18.3 Å². The molecule has 1 aliphatic heterocycles. The Bertz CT molecular complexity index is 670. The molecule has 1 saturated heterocycles.